The summed E-state index contributed by atoms with van der Waals surface area (Å²) in [6.07, 6.45) is 4.16. The zero-order valence-corrected chi connectivity index (χ0v) is 17.3. The lowest BCUT2D eigenvalue weighted by molar-refractivity contribution is -0.121. The molecule has 1 N–H and O–H groups in total. The smallest absolute Gasteiger partial charge is 0.261 e. The number of pyridine rings is 1. The lowest BCUT2D eigenvalue weighted by Gasteiger charge is -2.13. The van der Waals surface area contributed by atoms with Crippen LogP contribution in [0.5, 0.6) is 5.88 Å². The Hall–Kier alpha value is -2.74. The molecule has 1 aliphatic carbocycles. The molecule has 1 aromatic carbocycles. The zero-order valence-electron chi connectivity index (χ0n) is 15.7. The minimum Gasteiger partial charge on any atom is -0.477 e. The first kappa shape index (κ1) is 19.6. The maximum absolute atomic E-state index is 12.4. The minimum absolute atomic E-state index is 0.0436. The molecule has 150 valence electrons. The highest BCUT2D eigenvalue weighted by Gasteiger charge is 2.35. The van der Waals surface area contributed by atoms with Crippen LogP contribution in [0.3, 0.4) is 0 Å². The first-order chi connectivity index (χ1) is 14.0. The number of nitrogens with one attached hydrogen (secondary N) is 1. The van der Waals surface area contributed by atoms with Gasteiger partial charge in [-0.15, -0.1) is 0 Å². The molecule has 4 rings (SSSR count). The van der Waals surface area contributed by atoms with Gasteiger partial charge < -0.3 is 10.1 Å². The molecule has 0 bridgehead atoms. The van der Waals surface area contributed by atoms with Crippen LogP contribution in [-0.2, 0) is 11.3 Å². The van der Waals surface area contributed by atoms with E-state index in [2.05, 4.69) is 26.2 Å². The van der Waals surface area contributed by atoms with Crippen molar-refractivity contribution >= 4 is 33.7 Å². The van der Waals surface area contributed by atoms with Crippen LogP contribution in [0.2, 0.25) is 0 Å². The summed E-state index contributed by atoms with van der Waals surface area (Å²) in [5.41, 5.74) is 1.58. The molecule has 1 aromatic heterocycles. The molecule has 0 spiro atoms. The van der Waals surface area contributed by atoms with Gasteiger partial charge in [0.25, 0.3) is 11.8 Å². The molecule has 7 nitrogen and oxygen atoms in total. The Bertz CT molecular complexity index is 957. The van der Waals surface area contributed by atoms with E-state index >= 15 is 0 Å². The van der Waals surface area contributed by atoms with Crippen molar-refractivity contribution in [2.75, 3.05) is 13.2 Å². The summed E-state index contributed by atoms with van der Waals surface area (Å²) < 4.78 is 6.32. The van der Waals surface area contributed by atoms with Gasteiger partial charge in [-0.25, -0.2) is 4.98 Å². The van der Waals surface area contributed by atoms with Crippen molar-refractivity contribution in [1.29, 1.82) is 0 Å². The number of aromatic nitrogens is 1. The highest BCUT2D eigenvalue weighted by Crippen LogP contribution is 2.29. The van der Waals surface area contributed by atoms with E-state index in [9.17, 15) is 14.4 Å². The quantitative estimate of drug-likeness (QED) is 0.615. The van der Waals surface area contributed by atoms with Crippen molar-refractivity contribution in [2.24, 2.45) is 5.92 Å². The van der Waals surface area contributed by atoms with Crippen LogP contribution in [0, 0.1) is 5.92 Å². The molecule has 0 unspecified atom stereocenters. The summed E-state index contributed by atoms with van der Waals surface area (Å²) in [6, 6.07) is 8.61. The molecule has 1 fully saturated rings. The summed E-state index contributed by atoms with van der Waals surface area (Å²) in [4.78, 5) is 42.3. The lowest BCUT2D eigenvalue weighted by Crippen LogP contribution is -2.34. The van der Waals surface area contributed by atoms with E-state index in [0.29, 0.717) is 36.1 Å². The molecule has 0 saturated heterocycles. The number of nitrogens with zero attached hydrogens (tertiary/aromatic N) is 2. The number of hydrogen-bond donors (Lipinski definition) is 1. The fraction of sp³-hybridized carbons (Fsp3) is 0.333. The topological polar surface area (TPSA) is 88.6 Å². The number of fused-ring (bicyclic) bond motifs is 1. The third-order valence-electron chi connectivity index (χ3n) is 4.95. The summed E-state index contributed by atoms with van der Waals surface area (Å²) in [5, 5.41) is 2.79. The second-order valence-electron chi connectivity index (χ2n) is 7.24. The molecule has 0 atom stereocenters. The maximum atomic E-state index is 12.4. The van der Waals surface area contributed by atoms with Gasteiger partial charge in [-0.05, 0) is 42.5 Å². The number of hydrogen-bond acceptors (Lipinski definition) is 5. The summed E-state index contributed by atoms with van der Waals surface area (Å²) >= 11 is 3.30. The monoisotopic (exact) mass is 457 g/mol. The number of carbonyl (C=O) groups excluding carboxylic acids is 3. The molecule has 2 aliphatic rings. The highest BCUT2D eigenvalue weighted by molar-refractivity contribution is 9.10. The van der Waals surface area contributed by atoms with Crippen LogP contribution >= 0.6 is 15.9 Å². The third-order valence-corrected chi connectivity index (χ3v) is 5.44. The van der Waals surface area contributed by atoms with Gasteiger partial charge in [0.15, 0.2) is 0 Å². The molecule has 1 aliphatic heterocycles. The van der Waals surface area contributed by atoms with Crippen LogP contribution in [0.15, 0.2) is 41.0 Å². The molecular weight excluding hydrogens is 438 g/mol. The minimum atomic E-state index is -0.370. The van der Waals surface area contributed by atoms with E-state index in [1.807, 2.05) is 6.07 Å². The van der Waals surface area contributed by atoms with Crippen molar-refractivity contribution in [1.82, 2.24) is 15.2 Å². The van der Waals surface area contributed by atoms with Crippen molar-refractivity contribution in [2.45, 2.75) is 25.8 Å². The van der Waals surface area contributed by atoms with Gasteiger partial charge in [-0.3, -0.25) is 19.3 Å². The Morgan fingerprint density at radius 1 is 1.17 bits per heavy atom. The fourth-order valence-corrected chi connectivity index (χ4v) is 3.42. The van der Waals surface area contributed by atoms with Crippen LogP contribution in [-0.4, -0.2) is 40.8 Å². The Balaban J connectivity index is 1.24. The van der Waals surface area contributed by atoms with Crippen molar-refractivity contribution in [3.05, 3.63) is 57.7 Å². The predicted octanol–water partition coefficient (Wildman–Crippen LogP) is 2.94. The summed E-state index contributed by atoms with van der Waals surface area (Å²) in [7, 11) is 0. The number of benzene rings is 1. The number of imide groups is 1. The van der Waals surface area contributed by atoms with Gasteiger partial charge >= 0.3 is 0 Å². The van der Waals surface area contributed by atoms with Gasteiger partial charge in [0.2, 0.25) is 11.8 Å². The molecular formula is C21H20BrN3O4. The van der Waals surface area contributed by atoms with Gasteiger partial charge in [-0.2, -0.15) is 0 Å². The zero-order chi connectivity index (χ0) is 20.4. The van der Waals surface area contributed by atoms with Crippen LogP contribution in [0.25, 0.3) is 0 Å². The first-order valence-electron chi connectivity index (χ1n) is 9.51. The van der Waals surface area contributed by atoms with E-state index in [1.54, 1.807) is 30.5 Å². The van der Waals surface area contributed by atoms with Gasteiger partial charge in [0.1, 0.15) is 0 Å². The van der Waals surface area contributed by atoms with Gasteiger partial charge in [0.05, 0.1) is 17.7 Å². The Kier molecular flexibility index (Phi) is 5.62. The predicted molar refractivity (Wildman–Crippen MR) is 108 cm³/mol. The molecule has 2 heterocycles. The summed E-state index contributed by atoms with van der Waals surface area (Å²) in [6.45, 7) is 1.07. The average Bonchev–Trinajstić information content (AvgIpc) is 3.52. The standard InChI is InChI=1S/C21H20BrN3O4/c22-15-4-5-16-17(9-15)21(28)25(20(16)27)8-7-18(26)23-10-14-3-6-19(24-11-14)29-12-13-1-2-13/h3-6,9,11,13H,1-2,7-8,10,12H2,(H,23,26). The van der Waals surface area contributed by atoms with Crippen LogP contribution in [0.1, 0.15) is 45.5 Å². The maximum Gasteiger partial charge on any atom is 0.261 e. The fourth-order valence-electron chi connectivity index (χ4n) is 3.06. The second kappa shape index (κ2) is 8.32. The number of carbonyl (C=O) groups is 3. The first-order valence-corrected chi connectivity index (χ1v) is 10.3. The van der Waals surface area contributed by atoms with Gasteiger partial charge in [0, 0.05) is 36.2 Å². The van der Waals surface area contributed by atoms with E-state index in [0.717, 1.165) is 14.9 Å². The number of amides is 3. The van der Waals surface area contributed by atoms with Crippen molar-refractivity contribution in [3.8, 4) is 5.88 Å². The molecule has 8 heteroatoms. The van der Waals surface area contributed by atoms with E-state index < -0.39 is 0 Å². The highest BCUT2D eigenvalue weighted by atomic mass is 79.9. The largest absolute Gasteiger partial charge is 0.477 e. The molecule has 0 radical (unpaired) electrons. The lowest BCUT2D eigenvalue weighted by atomic mass is 10.1. The van der Waals surface area contributed by atoms with Gasteiger partial charge in [-0.1, -0.05) is 22.0 Å². The number of rotatable bonds is 8. The normalized spacial score (nSPS) is 15.4. The average molecular weight is 458 g/mol. The van der Waals surface area contributed by atoms with E-state index in [1.165, 1.54) is 12.8 Å². The van der Waals surface area contributed by atoms with Crippen LogP contribution < -0.4 is 10.1 Å². The van der Waals surface area contributed by atoms with E-state index in [-0.39, 0.29) is 30.7 Å². The molecule has 2 aromatic rings. The van der Waals surface area contributed by atoms with Crippen LogP contribution in [0.4, 0.5) is 0 Å². The molecule has 1 saturated carbocycles. The Morgan fingerprint density at radius 3 is 2.69 bits per heavy atom. The van der Waals surface area contributed by atoms with E-state index in [4.69, 9.17) is 4.74 Å². The number of halogens is 1. The SMILES string of the molecule is O=C(CCN1C(=O)c2ccc(Br)cc2C1=O)NCc1ccc(OCC2CC2)nc1. The van der Waals surface area contributed by atoms with Crippen molar-refractivity contribution in [3.63, 3.8) is 0 Å². The molecule has 29 heavy (non-hydrogen) atoms. The Morgan fingerprint density at radius 2 is 1.97 bits per heavy atom. The second-order valence-corrected chi connectivity index (χ2v) is 8.15. The molecule has 3 amide bonds. The Labute approximate surface area is 176 Å². The third kappa shape index (κ3) is 4.64. The number of ether oxygens (including phenoxy) is 1. The summed E-state index contributed by atoms with van der Waals surface area (Å²) in [5.74, 6) is 0.279. The van der Waals surface area contributed by atoms with Crippen molar-refractivity contribution < 1.29 is 19.1 Å².